The first-order valence-corrected chi connectivity index (χ1v) is 9.73. The third kappa shape index (κ3) is 3.10. The van der Waals surface area contributed by atoms with E-state index in [1.807, 2.05) is 6.92 Å². The third-order valence-corrected chi connectivity index (χ3v) is 6.50. The Hall–Kier alpha value is -1.40. The third-order valence-electron chi connectivity index (χ3n) is 6.50. The van der Waals surface area contributed by atoms with Gasteiger partial charge in [0.15, 0.2) is 0 Å². The quantitative estimate of drug-likeness (QED) is 0.891. The van der Waals surface area contributed by atoms with Crippen LogP contribution in [0.5, 0.6) is 0 Å². The number of ether oxygens (including phenoxy) is 1. The van der Waals surface area contributed by atoms with E-state index >= 15 is 0 Å². The molecule has 1 N–H and O–H groups in total. The second kappa shape index (κ2) is 6.72. The first kappa shape index (κ1) is 17.0. The van der Waals surface area contributed by atoms with Crippen LogP contribution in [0.1, 0.15) is 61.1 Å². The van der Waals surface area contributed by atoms with E-state index in [0.717, 1.165) is 63.4 Å². The Labute approximate surface area is 149 Å². The Morgan fingerprint density at radius 3 is 2.76 bits per heavy atom. The molecule has 1 spiro atoms. The van der Waals surface area contributed by atoms with E-state index < -0.39 is 0 Å². The highest BCUT2D eigenvalue weighted by molar-refractivity contribution is 5.95. The molecule has 3 fully saturated rings. The van der Waals surface area contributed by atoms with Crippen LogP contribution >= 0.6 is 0 Å². The van der Waals surface area contributed by atoms with E-state index in [4.69, 9.17) is 4.74 Å². The van der Waals surface area contributed by atoms with E-state index in [-0.39, 0.29) is 5.91 Å². The van der Waals surface area contributed by atoms with Gasteiger partial charge in [0, 0.05) is 31.5 Å². The van der Waals surface area contributed by atoms with Crippen molar-refractivity contribution in [2.45, 2.75) is 58.0 Å². The molecule has 3 saturated heterocycles. The van der Waals surface area contributed by atoms with Crippen molar-refractivity contribution in [2.24, 2.45) is 5.41 Å². The van der Waals surface area contributed by atoms with Crippen molar-refractivity contribution in [1.82, 2.24) is 20.0 Å². The van der Waals surface area contributed by atoms with E-state index in [2.05, 4.69) is 26.9 Å². The van der Waals surface area contributed by atoms with Gasteiger partial charge in [-0.25, -0.2) is 0 Å². The molecule has 4 heterocycles. The van der Waals surface area contributed by atoms with Crippen molar-refractivity contribution in [3.05, 3.63) is 17.5 Å². The van der Waals surface area contributed by atoms with Gasteiger partial charge in [0.05, 0.1) is 17.8 Å². The van der Waals surface area contributed by atoms with Gasteiger partial charge in [-0.3, -0.25) is 9.48 Å². The van der Waals surface area contributed by atoms with Crippen molar-refractivity contribution in [3.63, 3.8) is 0 Å². The molecule has 0 saturated carbocycles. The van der Waals surface area contributed by atoms with Crippen LogP contribution < -0.4 is 5.32 Å². The molecule has 6 nitrogen and oxygen atoms in total. The van der Waals surface area contributed by atoms with Crippen LogP contribution in [0.15, 0.2) is 6.20 Å². The largest absolute Gasteiger partial charge is 0.381 e. The molecule has 4 rings (SSSR count). The summed E-state index contributed by atoms with van der Waals surface area (Å²) in [6.07, 6.45) is 7.24. The number of likely N-dealkylation sites (tertiary alicyclic amines) is 1. The molecule has 1 aromatic heterocycles. The molecule has 1 aromatic rings. The number of hydrogen-bond acceptors (Lipinski definition) is 4. The average Bonchev–Trinajstić information content (AvgIpc) is 3.16. The standard InChI is InChI=1S/C19H30N4O2/c1-14-11-19(5-7-20-8-6-19)13-22(14)18(24)17-12-21-23(15(17)2)16-3-9-25-10-4-16/h12,14,16,20H,3-11,13H2,1-2H3. The van der Waals surface area contributed by atoms with Crippen molar-refractivity contribution >= 4 is 5.91 Å². The molecule has 1 atom stereocenters. The average molecular weight is 346 g/mol. The predicted molar refractivity (Wildman–Crippen MR) is 95.7 cm³/mol. The lowest BCUT2D eigenvalue weighted by atomic mass is 9.77. The summed E-state index contributed by atoms with van der Waals surface area (Å²) in [5, 5.41) is 8.01. The van der Waals surface area contributed by atoms with Gasteiger partial charge in [0.2, 0.25) is 0 Å². The van der Waals surface area contributed by atoms with Crippen LogP contribution in [-0.4, -0.2) is 59.5 Å². The Morgan fingerprint density at radius 1 is 1.32 bits per heavy atom. The minimum Gasteiger partial charge on any atom is -0.381 e. The molecule has 138 valence electrons. The number of hydrogen-bond donors (Lipinski definition) is 1. The maximum Gasteiger partial charge on any atom is 0.257 e. The number of carbonyl (C=O) groups excluding carboxylic acids is 1. The Bertz CT molecular complexity index is 629. The van der Waals surface area contributed by atoms with Gasteiger partial charge in [-0.05, 0) is 64.5 Å². The van der Waals surface area contributed by atoms with Crippen LogP contribution in [0.4, 0.5) is 0 Å². The van der Waals surface area contributed by atoms with Gasteiger partial charge in [-0.1, -0.05) is 0 Å². The maximum absolute atomic E-state index is 13.2. The number of aromatic nitrogens is 2. The molecular weight excluding hydrogens is 316 g/mol. The van der Waals surface area contributed by atoms with Crippen molar-refractivity contribution in [2.75, 3.05) is 32.8 Å². The fraction of sp³-hybridized carbons (Fsp3) is 0.789. The Morgan fingerprint density at radius 2 is 2.04 bits per heavy atom. The summed E-state index contributed by atoms with van der Waals surface area (Å²) in [7, 11) is 0. The molecule has 1 unspecified atom stereocenters. The number of nitrogens with one attached hydrogen (secondary N) is 1. The summed E-state index contributed by atoms with van der Waals surface area (Å²) in [6.45, 7) is 8.87. The van der Waals surface area contributed by atoms with Gasteiger partial charge in [0.1, 0.15) is 0 Å². The number of nitrogens with zero attached hydrogens (tertiary/aromatic N) is 3. The number of amides is 1. The minimum atomic E-state index is 0.165. The monoisotopic (exact) mass is 346 g/mol. The Balaban J connectivity index is 1.52. The van der Waals surface area contributed by atoms with Gasteiger partial charge < -0.3 is 15.0 Å². The first-order valence-electron chi connectivity index (χ1n) is 9.73. The molecule has 0 aromatic carbocycles. The second-order valence-electron chi connectivity index (χ2n) is 8.17. The predicted octanol–water partition coefficient (Wildman–Crippen LogP) is 2.15. The van der Waals surface area contributed by atoms with Crippen LogP contribution in [0, 0.1) is 12.3 Å². The fourth-order valence-corrected chi connectivity index (χ4v) is 5.00. The SMILES string of the molecule is Cc1c(C(=O)N2CC3(CCNCC3)CC2C)cnn1C1CCOCC1. The normalized spacial score (nSPS) is 27.1. The molecule has 0 radical (unpaired) electrons. The van der Waals surface area contributed by atoms with Gasteiger partial charge in [0.25, 0.3) is 5.91 Å². The zero-order valence-corrected chi connectivity index (χ0v) is 15.5. The lowest BCUT2D eigenvalue weighted by molar-refractivity contribution is 0.0654. The fourth-order valence-electron chi connectivity index (χ4n) is 5.00. The van der Waals surface area contributed by atoms with Crippen molar-refractivity contribution in [1.29, 1.82) is 0 Å². The van der Waals surface area contributed by atoms with E-state index in [1.165, 1.54) is 12.8 Å². The molecule has 6 heteroatoms. The van der Waals surface area contributed by atoms with Crippen LogP contribution in [0.25, 0.3) is 0 Å². The highest BCUT2D eigenvalue weighted by Gasteiger charge is 2.45. The first-order chi connectivity index (χ1) is 12.1. The van der Waals surface area contributed by atoms with Crippen molar-refractivity contribution < 1.29 is 9.53 Å². The lowest BCUT2D eigenvalue weighted by Crippen LogP contribution is -2.40. The zero-order valence-electron chi connectivity index (χ0n) is 15.5. The van der Waals surface area contributed by atoms with Crippen molar-refractivity contribution in [3.8, 4) is 0 Å². The summed E-state index contributed by atoms with van der Waals surface area (Å²) in [5.41, 5.74) is 2.12. The summed E-state index contributed by atoms with van der Waals surface area (Å²) < 4.78 is 7.51. The smallest absolute Gasteiger partial charge is 0.257 e. The van der Waals surface area contributed by atoms with Gasteiger partial charge >= 0.3 is 0 Å². The van der Waals surface area contributed by atoms with Crippen LogP contribution in [-0.2, 0) is 4.74 Å². The van der Waals surface area contributed by atoms with E-state index in [0.29, 0.717) is 17.5 Å². The lowest BCUT2D eigenvalue weighted by Gasteiger charge is -2.33. The molecule has 25 heavy (non-hydrogen) atoms. The van der Waals surface area contributed by atoms with Gasteiger partial charge in [-0.15, -0.1) is 0 Å². The van der Waals surface area contributed by atoms with E-state index in [9.17, 15) is 4.79 Å². The number of carbonyl (C=O) groups is 1. The topological polar surface area (TPSA) is 59.4 Å². The summed E-state index contributed by atoms with van der Waals surface area (Å²) in [6, 6.07) is 0.679. The summed E-state index contributed by atoms with van der Waals surface area (Å²) in [4.78, 5) is 15.3. The number of piperidine rings is 1. The molecule has 3 aliphatic heterocycles. The highest BCUT2D eigenvalue weighted by Crippen LogP contribution is 2.42. The summed E-state index contributed by atoms with van der Waals surface area (Å²) in [5.74, 6) is 0.165. The molecule has 0 aliphatic carbocycles. The summed E-state index contributed by atoms with van der Waals surface area (Å²) >= 11 is 0. The highest BCUT2D eigenvalue weighted by atomic mass is 16.5. The maximum atomic E-state index is 13.2. The van der Waals surface area contributed by atoms with Crippen LogP contribution in [0.3, 0.4) is 0 Å². The number of rotatable bonds is 2. The molecular formula is C19H30N4O2. The zero-order chi connectivity index (χ0) is 17.4. The second-order valence-corrected chi connectivity index (χ2v) is 8.17. The Kier molecular flexibility index (Phi) is 4.58. The molecule has 0 bridgehead atoms. The minimum absolute atomic E-state index is 0.165. The van der Waals surface area contributed by atoms with Gasteiger partial charge in [-0.2, -0.15) is 5.10 Å². The molecule has 3 aliphatic rings. The van der Waals surface area contributed by atoms with E-state index in [1.54, 1.807) is 6.20 Å². The van der Waals surface area contributed by atoms with Crippen LogP contribution in [0.2, 0.25) is 0 Å². The molecule has 1 amide bonds.